The molecule has 6 rings (SSSR count). The Bertz CT molecular complexity index is 2020. The molecule has 4 aromatic rings. The fraction of sp³-hybridized carbons (Fsp3) is 0.479. The molecule has 0 bridgehead atoms. The number of hydrogen-bond donors (Lipinski definition) is 0. The Balaban J connectivity index is 1.09. The number of methoxy groups -OCH3 is 1. The Labute approximate surface area is 363 Å². The van der Waals surface area contributed by atoms with Crippen LogP contribution >= 0.6 is 11.3 Å². The first-order valence-corrected chi connectivity index (χ1v) is 22.5. The van der Waals surface area contributed by atoms with E-state index in [4.69, 9.17) is 38.5 Å². The van der Waals surface area contributed by atoms with Crippen molar-refractivity contribution in [2.24, 2.45) is 22.9 Å². The minimum atomic E-state index is -0.465. The minimum absolute atomic E-state index is 0.238. The standard InChI is InChI=1S/C48H59N3O9S/c1-4-9-34-12-14-35(15-13-34)38-20-25-43(39(32-38)33-49-51(26-29-56-31-30-55-3)48-50-42-10-6-7-11-44(42)61-48)60-47(54)37-18-16-36(17-19-37)46(53)59-41-23-21-40(22-24-41)57-27-8-28-58-45(52)5-2/h5-7,10-11,20-25,32-37H,2,4,8-9,12-19,26-31H2,1,3H3/b49-33+. The fourth-order valence-corrected chi connectivity index (χ4v) is 8.90. The number of rotatable bonds is 22. The lowest BCUT2D eigenvalue weighted by molar-refractivity contribution is -0.145. The smallest absolute Gasteiger partial charge is 0.330 e. The molecule has 12 nitrogen and oxygen atoms in total. The summed E-state index contributed by atoms with van der Waals surface area (Å²) in [6.07, 6.45) is 12.8. The summed E-state index contributed by atoms with van der Waals surface area (Å²) in [5.41, 5.74) is 2.87. The topological polar surface area (TPSA) is 135 Å². The third-order valence-corrected chi connectivity index (χ3v) is 12.4. The van der Waals surface area contributed by atoms with Gasteiger partial charge in [-0.3, -0.25) is 9.59 Å². The molecule has 0 atom stereocenters. The first-order chi connectivity index (χ1) is 29.8. The molecular weight excluding hydrogens is 795 g/mol. The van der Waals surface area contributed by atoms with Crippen LogP contribution < -0.4 is 19.2 Å². The van der Waals surface area contributed by atoms with E-state index in [1.165, 1.54) is 31.2 Å². The summed E-state index contributed by atoms with van der Waals surface area (Å²) in [7, 11) is 1.65. The van der Waals surface area contributed by atoms with Gasteiger partial charge in [0, 0.05) is 25.2 Å². The average molecular weight is 854 g/mol. The van der Waals surface area contributed by atoms with E-state index < -0.39 is 5.97 Å². The maximum Gasteiger partial charge on any atom is 0.330 e. The molecule has 0 radical (unpaired) electrons. The van der Waals surface area contributed by atoms with Crippen LogP contribution in [0.4, 0.5) is 5.13 Å². The predicted molar refractivity (Wildman–Crippen MR) is 238 cm³/mol. The molecule has 1 heterocycles. The van der Waals surface area contributed by atoms with Crippen molar-refractivity contribution in [3.05, 3.63) is 90.5 Å². The number of benzene rings is 3. The minimum Gasteiger partial charge on any atom is -0.493 e. The molecule has 2 aliphatic carbocycles. The lowest BCUT2D eigenvalue weighted by atomic mass is 9.77. The summed E-state index contributed by atoms with van der Waals surface area (Å²) in [6, 6.07) is 21.0. The van der Waals surface area contributed by atoms with Gasteiger partial charge in [-0.2, -0.15) is 5.10 Å². The number of thiazole rings is 1. The van der Waals surface area contributed by atoms with Gasteiger partial charge in [-0.15, -0.1) is 0 Å². The second kappa shape index (κ2) is 23.8. The Morgan fingerprint density at radius 2 is 1.56 bits per heavy atom. The first kappa shape index (κ1) is 45.4. The molecule has 0 spiro atoms. The molecular formula is C48H59N3O9S. The van der Waals surface area contributed by atoms with E-state index in [0.29, 0.717) is 88.2 Å². The Morgan fingerprint density at radius 3 is 2.26 bits per heavy atom. The molecule has 2 aliphatic rings. The Kier molecular flexibility index (Phi) is 17.7. The van der Waals surface area contributed by atoms with Gasteiger partial charge in [-0.1, -0.05) is 55.9 Å². The summed E-state index contributed by atoms with van der Waals surface area (Å²) in [5, 5.41) is 7.55. The van der Waals surface area contributed by atoms with Crippen LogP contribution in [-0.2, 0) is 28.6 Å². The molecule has 0 N–H and O–H groups in total. The van der Waals surface area contributed by atoms with Crippen molar-refractivity contribution in [2.45, 2.75) is 83.5 Å². The molecule has 326 valence electrons. The highest BCUT2D eigenvalue weighted by atomic mass is 32.1. The van der Waals surface area contributed by atoms with E-state index in [2.05, 4.69) is 25.6 Å². The van der Waals surface area contributed by atoms with E-state index in [0.717, 1.165) is 45.7 Å². The van der Waals surface area contributed by atoms with Crippen molar-refractivity contribution < 1.29 is 42.8 Å². The van der Waals surface area contributed by atoms with Gasteiger partial charge in [0.15, 0.2) is 0 Å². The lowest BCUT2D eigenvalue weighted by Gasteiger charge is -2.29. The second-order valence-electron chi connectivity index (χ2n) is 15.7. The predicted octanol–water partition coefficient (Wildman–Crippen LogP) is 9.69. The zero-order chi connectivity index (χ0) is 42.8. The van der Waals surface area contributed by atoms with E-state index in [-0.39, 0.29) is 30.4 Å². The lowest BCUT2D eigenvalue weighted by Crippen LogP contribution is -2.30. The maximum atomic E-state index is 13.8. The van der Waals surface area contributed by atoms with Crippen molar-refractivity contribution in [2.75, 3.05) is 51.7 Å². The van der Waals surface area contributed by atoms with Crippen LogP contribution in [0.25, 0.3) is 10.2 Å². The number of carbonyl (C=O) groups excluding carboxylic acids is 3. The highest BCUT2D eigenvalue weighted by molar-refractivity contribution is 7.22. The number of hydrogen-bond acceptors (Lipinski definition) is 13. The van der Waals surface area contributed by atoms with Gasteiger partial charge in [0.2, 0.25) is 5.13 Å². The summed E-state index contributed by atoms with van der Waals surface area (Å²) < 4.78 is 34.6. The number of carbonyl (C=O) groups is 3. The van der Waals surface area contributed by atoms with Crippen molar-refractivity contribution in [3.63, 3.8) is 0 Å². The molecule has 0 saturated heterocycles. The maximum absolute atomic E-state index is 13.8. The number of para-hydroxylation sites is 1. The monoisotopic (exact) mass is 853 g/mol. The Hall–Kier alpha value is -5.11. The number of fused-ring (bicyclic) bond motifs is 1. The van der Waals surface area contributed by atoms with E-state index in [1.54, 1.807) is 48.9 Å². The van der Waals surface area contributed by atoms with Gasteiger partial charge in [0.05, 0.1) is 67.8 Å². The number of ether oxygens (including phenoxy) is 6. The van der Waals surface area contributed by atoms with Gasteiger partial charge < -0.3 is 28.4 Å². The molecule has 0 unspecified atom stereocenters. The fourth-order valence-electron chi connectivity index (χ4n) is 7.95. The molecule has 1 aromatic heterocycles. The highest BCUT2D eigenvalue weighted by Gasteiger charge is 2.33. The van der Waals surface area contributed by atoms with Gasteiger partial charge in [-0.25, -0.2) is 14.8 Å². The van der Waals surface area contributed by atoms with Crippen LogP contribution in [0.2, 0.25) is 0 Å². The normalized spacial score (nSPS) is 19.0. The first-order valence-electron chi connectivity index (χ1n) is 21.7. The molecule has 2 saturated carbocycles. The molecule has 2 fully saturated rings. The average Bonchev–Trinajstić information content (AvgIpc) is 3.73. The SMILES string of the molecule is C=CC(=O)OCCCOc1ccc(OC(=O)C2CCC(C(=O)Oc3ccc(C4CCC(CCC)CC4)cc3/C=N/N(CCOCCOC)c3nc4ccccc4s3)CC2)cc1. The number of hydrazone groups is 1. The van der Waals surface area contributed by atoms with E-state index in [1.807, 2.05) is 35.3 Å². The Morgan fingerprint density at radius 1 is 0.836 bits per heavy atom. The zero-order valence-corrected chi connectivity index (χ0v) is 36.3. The summed E-state index contributed by atoms with van der Waals surface area (Å²) in [4.78, 5) is 42.9. The molecule has 3 aromatic carbocycles. The van der Waals surface area contributed by atoms with Crippen LogP contribution in [-0.4, -0.2) is 75.8 Å². The van der Waals surface area contributed by atoms with Crippen molar-refractivity contribution in [1.29, 1.82) is 0 Å². The third-order valence-electron chi connectivity index (χ3n) is 11.4. The number of anilines is 1. The molecule has 0 aliphatic heterocycles. The third kappa shape index (κ3) is 13.7. The van der Waals surface area contributed by atoms with Crippen molar-refractivity contribution in [3.8, 4) is 17.2 Å². The van der Waals surface area contributed by atoms with Gasteiger partial charge in [0.25, 0.3) is 0 Å². The highest BCUT2D eigenvalue weighted by Crippen LogP contribution is 2.39. The van der Waals surface area contributed by atoms with Crippen LogP contribution in [0.5, 0.6) is 17.2 Å². The summed E-state index contributed by atoms with van der Waals surface area (Å²) in [5.74, 6) is 0.972. The number of esters is 3. The molecule has 13 heteroatoms. The zero-order valence-electron chi connectivity index (χ0n) is 35.5. The van der Waals surface area contributed by atoms with Crippen LogP contribution in [0, 0.1) is 17.8 Å². The van der Waals surface area contributed by atoms with Crippen molar-refractivity contribution >= 4 is 50.8 Å². The number of nitrogens with zero attached hydrogens (tertiary/aromatic N) is 3. The summed E-state index contributed by atoms with van der Waals surface area (Å²) >= 11 is 1.56. The largest absolute Gasteiger partial charge is 0.493 e. The number of aromatic nitrogens is 1. The van der Waals surface area contributed by atoms with Gasteiger partial charge >= 0.3 is 17.9 Å². The van der Waals surface area contributed by atoms with Crippen LogP contribution in [0.3, 0.4) is 0 Å². The molecule has 61 heavy (non-hydrogen) atoms. The van der Waals surface area contributed by atoms with Gasteiger partial charge in [0.1, 0.15) is 17.2 Å². The van der Waals surface area contributed by atoms with Gasteiger partial charge in [-0.05, 0) is 117 Å². The summed E-state index contributed by atoms with van der Waals surface area (Å²) in [6.45, 7) is 8.12. The van der Waals surface area contributed by atoms with E-state index >= 15 is 0 Å². The van der Waals surface area contributed by atoms with E-state index in [9.17, 15) is 14.4 Å². The quantitative estimate of drug-likeness (QED) is 0.0187. The van der Waals surface area contributed by atoms with Crippen LogP contribution in [0.1, 0.15) is 94.6 Å². The van der Waals surface area contributed by atoms with Crippen molar-refractivity contribution in [1.82, 2.24) is 4.98 Å². The molecule has 0 amide bonds. The van der Waals surface area contributed by atoms with Crippen LogP contribution in [0.15, 0.2) is 84.5 Å². The second-order valence-corrected chi connectivity index (χ2v) is 16.7.